The number of amidine groups is 1. The Morgan fingerprint density at radius 1 is 1.10 bits per heavy atom. The van der Waals surface area contributed by atoms with Gasteiger partial charge in [0.15, 0.2) is 0 Å². The smallest absolute Gasteiger partial charge is 0.142 e. The molecule has 1 fully saturated rings. The molecule has 5 nitrogen and oxygen atoms in total. The number of nitrogens with zero attached hydrogens (tertiary/aromatic N) is 4. The fourth-order valence-corrected chi connectivity index (χ4v) is 4.67. The van der Waals surface area contributed by atoms with Crippen molar-refractivity contribution in [2.45, 2.75) is 38.8 Å². The van der Waals surface area contributed by atoms with E-state index in [2.05, 4.69) is 79.1 Å². The molecule has 2 aliphatic heterocycles. The van der Waals surface area contributed by atoms with Crippen molar-refractivity contribution in [2.24, 2.45) is 4.99 Å². The van der Waals surface area contributed by atoms with E-state index in [0.29, 0.717) is 12.8 Å². The van der Waals surface area contributed by atoms with Gasteiger partial charge in [-0.05, 0) is 80.5 Å². The van der Waals surface area contributed by atoms with Crippen molar-refractivity contribution in [1.82, 2.24) is 9.88 Å². The summed E-state index contributed by atoms with van der Waals surface area (Å²) in [6, 6.07) is 12.9. The maximum Gasteiger partial charge on any atom is 0.142 e. The highest BCUT2D eigenvalue weighted by atomic mass is 16.3. The van der Waals surface area contributed by atoms with Crippen molar-refractivity contribution in [3.8, 4) is 0 Å². The van der Waals surface area contributed by atoms with Gasteiger partial charge in [0.1, 0.15) is 11.4 Å². The number of hydrogen-bond acceptors (Lipinski definition) is 5. The highest BCUT2D eigenvalue weighted by Crippen LogP contribution is 2.40. The molecule has 0 aliphatic carbocycles. The van der Waals surface area contributed by atoms with Crippen molar-refractivity contribution >= 4 is 28.1 Å². The van der Waals surface area contributed by atoms with Crippen molar-refractivity contribution < 1.29 is 5.11 Å². The lowest BCUT2D eigenvalue weighted by molar-refractivity contribution is 0.115. The molecule has 3 heterocycles. The van der Waals surface area contributed by atoms with E-state index in [4.69, 9.17) is 4.99 Å². The summed E-state index contributed by atoms with van der Waals surface area (Å²) in [5.41, 5.74) is 6.96. The number of benzene rings is 2. The van der Waals surface area contributed by atoms with Crippen LogP contribution in [0.3, 0.4) is 0 Å². The van der Waals surface area contributed by atoms with Crippen molar-refractivity contribution in [1.29, 1.82) is 0 Å². The van der Waals surface area contributed by atoms with Crippen LogP contribution in [-0.4, -0.2) is 47.1 Å². The molecule has 0 unspecified atom stereocenters. The van der Waals surface area contributed by atoms with Crippen LogP contribution in [0.2, 0.25) is 0 Å². The SMILES string of the molecule is Cc1cc2c(cc1C)N=C1N(c3ccc4ncc(CN(C)C)cc4c3)CC[C@@]1(O)C2. The molecule has 2 aromatic carbocycles. The van der Waals surface area contributed by atoms with E-state index >= 15 is 0 Å². The van der Waals surface area contributed by atoms with Gasteiger partial charge in [-0.3, -0.25) is 4.98 Å². The van der Waals surface area contributed by atoms with Crippen LogP contribution in [0, 0.1) is 13.8 Å². The molecule has 0 amide bonds. The molecule has 0 radical (unpaired) electrons. The molecule has 154 valence electrons. The second-order valence-corrected chi connectivity index (χ2v) is 9.07. The van der Waals surface area contributed by atoms with Crippen molar-refractivity contribution in [3.63, 3.8) is 0 Å². The third-order valence-corrected chi connectivity index (χ3v) is 6.36. The molecule has 30 heavy (non-hydrogen) atoms. The fraction of sp³-hybridized carbons (Fsp3) is 0.360. The van der Waals surface area contributed by atoms with Crippen molar-refractivity contribution in [3.05, 3.63) is 64.8 Å². The molecule has 1 aromatic heterocycles. The lowest BCUT2D eigenvalue weighted by Crippen LogP contribution is -2.43. The standard InChI is InChI=1S/C25H28N4O/c1-16-9-20-13-25(30)7-8-29(24(25)27-23(20)10-17(16)2)21-5-6-22-19(12-21)11-18(14-26-22)15-28(3)4/h5-6,9-12,14,30H,7-8,13,15H2,1-4H3/t25-/m1/s1. The topological polar surface area (TPSA) is 52.0 Å². The zero-order valence-corrected chi connectivity index (χ0v) is 18.1. The first-order valence-corrected chi connectivity index (χ1v) is 10.5. The molecule has 1 N–H and O–H groups in total. The third-order valence-electron chi connectivity index (χ3n) is 6.36. The van der Waals surface area contributed by atoms with Gasteiger partial charge >= 0.3 is 0 Å². The Bertz CT molecular complexity index is 1180. The number of aliphatic imine (C=N–C) groups is 1. The first-order valence-electron chi connectivity index (χ1n) is 10.5. The van der Waals surface area contributed by atoms with Gasteiger partial charge in [0.25, 0.3) is 0 Å². The van der Waals surface area contributed by atoms with Crippen LogP contribution < -0.4 is 4.90 Å². The lowest BCUT2D eigenvalue weighted by atomic mass is 9.87. The number of fused-ring (bicyclic) bond motifs is 3. The summed E-state index contributed by atoms with van der Waals surface area (Å²) in [7, 11) is 4.13. The highest BCUT2D eigenvalue weighted by Gasteiger charge is 2.46. The highest BCUT2D eigenvalue weighted by molar-refractivity contribution is 6.09. The van der Waals surface area contributed by atoms with Gasteiger partial charge in [-0.15, -0.1) is 0 Å². The number of rotatable bonds is 3. The second kappa shape index (κ2) is 6.89. The zero-order valence-electron chi connectivity index (χ0n) is 18.1. The summed E-state index contributed by atoms with van der Waals surface area (Å²) in [6.07, 6.45) is 3.26. The Labute approximate surface area is 177 Å². The Morgan fingerprint density at radius 3 is 2.70 bits per heavy atom. The quantitative estimate of drug-likeness (QED) is 0.718. The summed E-state index contributed by atoms with van der Waals surface area (Å²) in [6.45, 7) is 5.86. The molecule has 5 heteroatoms. The number of pyridine rings is 1. The predicted molar refractivity (Wildman–Crippen MR) is 123 cm³/mol. The third kappa shape index (κ3) is 3.18. The van der Waals surface area contributed by atoms with Gasteiger partial charge in [-0.1, -0.05) is 6.07 Å². The van der Waals surface area contributed by atoms with E-state index in [1.54, 1.807) is 0 Å². The van der Waals surface area contributed by atoms with Crippen LogP contribution in [0.15, 0.2) is 47.6 Å². The minimum Gasteiger partial charge on any atom is -0.381 e. The zero-order chi connectivity index (χ0) is 21.0. The number of anilines is 1. The predicted octanol–water partition coefficient (Wildman–Crippen LogP) is 4.14. The van der Waals surface area contributed by atoms with Crippen molar-refractivity contribution in [2.75, 3.05) is 25.5 Å². The molecular formula is C25H28N4O. The van der Waals surface area contributed by atoms with E-state index in [-0.39, 0.29) is 0 Å². The molecule has 0 spiro atoms. The van der Waals surface area contributed by atoms with Gasteiger partial charge in [0, 0.05) is 43.2 Å². The minimum absolute atomic E-state index is 0.626. The minimum atomic E-state index is -0.894. The van der Waals surface area contributed by atoms with Crippen LogP contribution in [0.25, 0.3) is 10.9 Å². The summed E-state index contributed by atoms with van der Waals surface area (Å²) < 4.78 is 0. The largest absolute Gasteiger partial charge is 0.381 e. The maximum absolute atomic E-state index is 11.4. The number of aryl methyl sites for hydroxylation is 2. The maximum atomic E-state index is 11.4. The van der Waals surface area contributed by atoms with E-state index < -0.39 is 5.60 Å². The van der Waals surface area contributed by atoms with Gasteiger partial charge in [0.2, 0.25) is 0 Å². The first-order chi connectivity index (χ1) is 14.3. The molecule has 2 aliphatic rings. The molecule has 1 atom stereocenters. The van der Waals surface area contributed by atoms with Crippen LogP contribution in [-0.2, 0) is 13.0 Å². The van der Waals surface area contributed by atoms with Gasteiger partial charge in [-0.25, -0.2) is 4.99 Å². The molecule has 3 aromatic rings. The first kappa shape index (κ1) is 19.2. The van der Waals surface area contributed by atoms with E-state index in [9.17, 15) is 5.11 Å². The molecule has 1 saturated heterocycles. The van der Waals surface area contributed by atoms with Gasteiger partial charge in [-0.2, -0.15) is 0 Å². The van der Waals surface area contributed by atoms with Crippen LogP contribution >= 0.6 is 0 Å². The normalized spacial score (nSPS) is 20.5. The average molecular weight is 401 g/mol. The summed E-state index contributed by atoms with van der Waals surface area (Å²) in [5, 5.41) is 12.5. The number of aromatic nitrogens is 1. The van der Waals surface area contributed by atoms with E-state index in [1.807, 2.05) is 6.20 Å². The molecule has 5 rings (SSSR count). The van der Waals surface area contributed by atoms with Gasteiger partial charge < -0.3 is 14.9 Å². The summed E-state index contributed by atoms with van der Waals surface area (Å²) in [4.78, 5) is 13.9. The number of hydrogen-bond donors (Lipinski definition) is 1. The molecule has 0 saturated carbocycles. The van der Waals surface area contributed by atoms with Crippen LogP contribution in [0.5, 0.6) is 0 Å². The van der Waals surface area contributed by atoms with Gasteiger partial charge in [0.05, 0.1) is 11.2 Å². The fourth-order valence-electron chi connectivity index (χ4n) is 4.67. The van der Waals surface area contributed by atoms with Crippen LogP contribution in [0.4, 0.5) is 11.4 Å². The van der Waals surface area contributed by atoms with E-state index in [1.165, 1.54) is 16.7 Å². The lowest BCUT2D eigenvalue weighted by Gasteiger charge is -2.31. The monoisotopic (exact) mass is 400 g/mol. The Morgan fingerprint density at radius 2 is 1.90 bits per heavy atom. The Hall–Kier alpha value is -2.76. The summed E-state index contributed by atoms with van der Waals surface area (Å²) >= 11 is 0. The Kier molecular flexibility index (Phi) is 4.42. The molecule has 0 bridgehead atoms. The molecular weight excluding hydrogens is 372 g/mol. The number of aliphatic hydroxyl groups is 1. The van der Waals surface area contributed by atoms with E-state index in [0.717, 1.165) is 46.8 Å². The summed E-state index contributed by atoms with van der Waals surface area (Å²) in [5.74, 6) is 0.773. The Balaban J connectivity index is 1.56. The average Bonchev–Trinajstić information content (AvgIpc) is 3.02. The van der Waals surface area contributed by atoms with Crippen LogP contribution in [0.1, 0.15) is 28.7 Å². The second-order valence-electron chi connectivity index (χ2n) is 9.07.